The second kappa shape index (κ2) is 5.20. The summed E-state index contributed by atoms with van der Waals surface area (Å²) in [7, 11) is 0. The Hall–Kier alpha value is -0.610. The highest BCUT2D eigenvalue weighted by Gasteiger charge is 2.73. The Morgan fingerprint density at radius 3 is 2.41 bits per heavy atom. The maximum Gasteiger partial charge on any atom is 0.324 e. The molecule has 0 aromatic carbocycles. The number of carbonyl (C=O) groups is 1. The second-order valence-electron chi connectivity index (χ2n) is 8.34. The molecular formula is C18H32N2O2. The molecule has 4 heteroatoms. The molecule has 3 aliphatic rings. The smallest absolute Gasteiger partial charge is 0.324 e. The number of nitrogens with two attached hydrogens (primary N) is 1. The molecule has 0 spiro atoms. The Labute approximate surface area is 134 Å². The Bertz CT molecular complexity index is 458. The van der Waals surface area contributed by atoms with Gasteiger partial charge in [-0.3, -0.25) is 9.69 Å². The number of fused-ring (bicyclic) bond motifs is 2. The van der Waals surface area contributed by atoms with Crippen molar-refractivity contribution in [3.63, 3.8) is 0 Å². The Morgan fingerprint density at radius 2 is 1.95 bits per heavy atom. The average molecular weight is 308 g/mol. The molecule has 2 saturated carbocycles. The molecule has 2 N–H and O–H groups in total. The lowest BCUT2D eigenvalue weighted by Crippen LogP contribution is -2.69. The minimum absolute atomic E-state index is 0.0845. The van der Waals surface area contributed by atoms with E-state index in [0.717, 1.165) is 19.5 Å². The predicted molar refractivity (Wildman–Crippen MR) is 87.4 cm³/mol. The van der Waals surface area contributed by atoms with Gasteiger partial charge in [0.1, 0.15) is 6.04 Å². The van der Waals surface area contributed by atoms with Gasteiger partial charge >= 0.3 is 5.97 Å². The summed E-state index contributed by atoms with van der Waals surface area (Å²) in [4.78, 5) is 15.1. The Morgan fingerprint density at radius 1 is 1.32 bits per heavy atom. The van der Waals surface area contributed by atoms with E-state index in [1.807, 2.05) is 6.92 Å². The number of esters is 1. The highest BCUT2D eigenvalue weighted by molar-refractivity contribution is 5.78. The van der Waals surface area contributed by atoms with E-state index in [4.69, 9.17) is 10.5 Å². The van der Waals surface area contributed by atoms with Crippen LogP contribution >= 0.6 is 0 Å². The van der Waals surface area contributed by atoms with E-state index in [0.29, 0.717) is 12.5 Å². The van der Waals surface area contributed by atoms with Crippen molar-refractivity contribution >= 4 is 5.97 Å². The van der Waals surface area contributed by atoms with Crippen molar-refractivity contribution in [3.05, 3.63) is 0 Å². The monoisotopic (exact) mass is 308 g/mol. The van der Waals surface area contributed by atoms with E-state index in [1.165, 1.54) is 25.7 Å². The van der Waals surface area contributed by atoms with Crippen LogP contribution in [0.25, 0.3) is 0 Å². The fraction of sp³-hybridized carbons (Fsp3) is 0.944. The van der Waals surface area contributed by atoms with Crippen LogP contribution in [-0.4, -0.2) is 42.1 Å². The third kappa shape index (κ3) is 1.80. The number of hydrogen-bond donors (Lipinski definition) is 1. The molecule has 1 aliphatic heterocycles. The van der Waals surface area contributed by atoms with Gasteiger partial charge in [-0.25, -0.2) is 0 Å². The first-order chi connectivity index (χ1) is 10.3. The zero-order valence-electron chi connectivity index (χ0n) is 14.7. The molecule has 4 atom stereocenters. The van der Waals surface area contributed by atoms with Crippen molar-refractivity contribution in [2.45, 2.75) is 71.4 Å². The van der Waals surface area contributed by atoms with Crippen LogP contribution in [0.15, 0.2) is 0 Å². The fourth-order valence-corrected chi connectivity index (χ4v) is 6.02. The summed E-state index contributed by atoms with van der Waals surface area (Å²) in [6, 6.07) is -0.528. The largest absolute Gasteiger partial charge is 0.465 e. The summed E-state index contributed by atoms with van der Waals surface area (Å²) in [6.07, 6.45) is 5.94. The molecule has 126 valence electrons. The number of carbonyl (C=O) groups excluding carboxylic acids is 1. The van der Waals surface area contributed by atoms with Gasteiger partial charge in [-0.15, -0.1) is 0 Å². The number of nitrogens with zero attached hydrogens (tertiary/aromatic N) is 1. The minimum atomic E-state index is -0.528. The maximum atomic E-state index is 12.5. The van der Waals surface area contributed by atoms with Crippen LogP contribution in [-0.2, 0) is 9.53 Å². The van der Waals surface area contributed by atoms with Gasteiger partial charge in [0.25, 0.3) is 0 Å². The number of hydrogen-bond acceptors (Lipinski definition) is 4. The van der Waals surface area contributed by atoms with Crippen molar-refractivity contribution < 1.29 is 9.53 Å². The molecule has 3 fully saturated rings. The number of rotatable bonds is 4. The van der Waals surface area contributed by atoms with Crippen molar-refractivity contribution in [2.75, 3.05) is 19.7 Å². The molecule has 2 bridgehead atoms. The predicted octanol–water partition coefficient (Wildman–Crippen LogP) is 2.56. The first kappa shape index (κ1) is 16.3. The van der Waals surface area contributed by atoms with Crippen LogP contribution in [0.3, 0.4) is 0 Å². The zero-order chi connectivity index (χ0) is 16.2. The summed E-state index contributed by atoms with van der Waals surface area (Å²) < 4.78 is 5.33. The summed E-state index contributed by atoms with van der Waals surface area (Å²) in [5.41, 5.74) is 6.70. The first-order valence-electron chi connectivity index (χ1n) is 8.98. The van der Waals surface area contributed by atoms with Gasteiger partial charge in [-0.2, -0.15) is 0 Å². The summed E-state index contributed by atoms with van der Waals surface area (Å²) in [6.45, 7) is 11.6. The topological polar surface area (TPSA) is 55.6 Å². The summed E-state index contributed by atoms with van der Waals surface area (Å²) in [5.74, 6) is 0.456. The van der Waals surface area contributed by atoms with E-state index in [9.17, 15) is 4.79 Å². The normalized spacial score (nSPS) is 41.8. The van der Waals surface area contributed by atoms with E-state index in [-0.39, 0.29) is 22.3 Å². The lowest BCUT2D eigenvalue weighted by molar-refractivity contribution is -0.154. The number of ether oxygens (including phenoxy) is 1. The molecule has 4 nitrogen and oxygen atoms in total. The zero-order valence-corrected chi connectivity index (χ0v) is 14.7. The van der Waals surface area contributed by atoms with Gasteiger partial charge in [0, 0.05) is 0 Å². The van der Waals surface area contributed by atoms with Gasteiger partial charge in [0.15, 0.2) is 0 Å². The van der Waals surface area contributed by atoms with E-state index < -0.39 is 6.04 Å². The van der Waals surface area contributed by atoms with Crippen molar-refractivity contribution in [1.29, 1.82) is 0 Å². The van der Waals surface area contributed by atoms with E-state index >= 15 is 0 Å². The van der Waals surface area contributed by atoms with Crippen LogP contribution in [0, 0.1) is 16.7 Å². The molecule has 0 unspecified atom stereocenters. The fourth-order valence-electron chi connectivity index (χ4n) is 6.02. The molecule has 1 heterocycles. The molecule has 3 rings (SSSR count). The van der Waals surface area contributed by atoms with Crippen molar-refractivity contribution in [3.8, 4) is 0 Å². The SMILES string of the molecule is CCOC(=O)[C@H](N)[C@@]1(N2CCCC2)C[C@@H]2CC[C@]1(C)C2(C)C. The van der Waals surface area contributed by atoms with Crippen LogP contribution in [0.1, 0.15) is 59.8 Å². The third-order valence-electron chi connectivity index (χ3n) is 7.67. The minimum Gasteiger partial charge on any atom is -0.465 e. The molecule has 22 heavy (non-hydrogen) atoms. The lowest BCUT2D eigenvalue weighted by atomic mass is 9.59. The molecular weight excluding hydrogens is 276 g/mol. The van der Waals surface area contributed by atoms with Gasteiger partial charge in [-0.05, 0) is 68.9 Å². The second-order valence-corrected chi connectivity index (χ2v) is 8.34. The van der Waals surface area contributed by atoms with Crippen molar-refractivity contribution in [1.82, 2.24) is 4.90 Å². The van der Waals surface area contributed by atoms with E-state index in [2.05, 4.69) is 25.7 Å². The quantitative estimate of drug-likeness (QED) is 0.811. The average Bonchev–Trinajstić information content (AvgIpc) is 3.11. The van der Waals surface area contributed by atoms with E-state index in [1.54, 1.807) is 0 Å². The molecule has 0 aromatic heterocycles. The van der Waals surface area contributed by atoms with Crippen LogP contribution in [0.4, 0.5) is 0 Å². The van der Waals surface area contributed by atoms with Crippen molar-refractivity contribution in [2.24, 2.45) is 22.5 Å². The van der Waals surface area contributed by atoms with Crippen LogP contribution in [0.5, 0.6) is 0 Å². The highest BCUT2D eigenvalue weighted by Crippen LogP contribution is 2.72. The highest BCUT2D eigenvalue weighted by atomic mass is 16.5. The van der Waals surface area contributed by atoms with Gasteiger partial charge in [0.2, 0.25) is 0 Å². The van der Waals surface area contributed by atoms with Gasteiger partial charge < -0.3 is 10.5 Å². The molecule has 2 aliphatic carbocycles. The molecule has 0 amide bonds. The lowest BCUT2D eigenvalue weighted by Gasteiger charge is -2.55. The third-order valence-corrected chi connectivity index (χ3v) is 7.67. The van der Waals surface area contributed by atoms with Gasteiger partial charge in [0.05, 0.1) is 12.1 Å². The van der Waals surface area contributed by atoms with Crippen LogP contribution in [0.2, 0.25) is 0 Å². The maximum absolute atomic E-state index is 12.5. The molecule has 1 saturated heterocycles. The first-order valence-corrected chi connectivity index (χ1v) is 8.98. The summed E-state index contributed by atoms with van der Waals surface area (Å²) >= 11 is 0. The molecule has 0 radical (unpaired) electrons. The Kier molecular flexibility index (Phi) is 3.84. The molecule has 0 aromatic rings. The standard InChI is InChI=1S/C18H32N2O2/c1-5-22-15(21)14(19)18(20-10-6-7-11-20)12-13-8-9-17(18,4)16(13,2)3/h13-14H,5-12,19H2,1-4H3/t13-,14-,17+,18-/m0/s1. The van der Waals surface area contributed by atoms with Crippen LogP contribution < -0.4 is 5.73 Å². The summed E-state index contributed by atoms with van der Waals surface area (Å²) in [5, 5.41) is 0. The Balaban J connectivity index is 2.04. The number of likely N-dealkylation sites (tertiary alicyclic amines) is 1. The van der Waals surface area contributed by atoms with Gasteiger partial charge in [-0.1, -0.05) is 20.8 Å².